The molecule has 17 heavy (non-hydrogen) atoms. The van der Waals surface area contributed by atoms with Crippen LogP contribution in [0.3, 0.4) is 0 Å². The minimum atomic E-state index is -0.579. The van der Waals surface area contributed by atoms with Gasteiger partial charge in [-0.05, 0) is 19.1 Å². The highest BCUT2D eigenvalue weighted by atomic mass is 35.5. The van der Waals surface area contributed by atoms with Gasteiger partial charge in [-0.25, -0.2) is 9.18 Å². The predicted molar refractivity (Wildman–Crippen MR) is 63.6 cm³/mol. The van der Waals surface area contributed by atoms with Crippen LogP contribution in [0, 0.1) is 5.82 Å². The van der Waals surface area contributed by atoms with Crippen LogP contribution in [0.5, 0.6) is 0 Å². The smallest absolute Gasteiger partial charge is 0.342 e. The van der Waals surface area contributed by atoms with Crippen molar-refractivity contribution in [3.05, 3.63) is 28.5 Å². The number of halogens is 2. The number of fused-ring (bicyclic) bond motifs is 1. The van der Waals surface area contributed by atoms with E-state index in [0.717, 1.165) is 6.07 Å². The first-order chi connectivity index (χ1) is 8.04. The molecule has 0 fully saturated rings. The quantitative estimate of drug-likeness (QED) is 0.812. The molecule has 0 aliphatic heterocycles. The molecule has 0 saturated heterocycles. The number of nitrogens with one attached hydrogen (secondary N) is 1. The van der Waals surface area contributed by atoms with E-state index in [1.165, 1.54) is 6.07 Å². The van der Waals surface area contributed by atoms with Gasteiger partial charge in [0.05, 0.1) is 17.1 Å². The van der Waals surface area contributed by atoms with Crippen molar-refractivity contribution < 1.29 is 13.9 Å². The number of carbonyl (C=O) groups is 1. The van der Waals surface area contributed by atoms with Gasteiger partial charge >= 0.3 is 5.97 Å². The summed E-state index contributed by atoms with van der Waals surface area (Å²) in [5.41, 5.74) is 6.18. The Morgan fingerprint density at radius 2 is 2.29 bits per heavy atom. The molecule has 90 valence electrons. The Labute approximate surface area is 102 Å². The van der Waals surface area contributed by atoms with Gasteiger partial charge in [-0.1, -0.05) is 11.6 Å². The summed E-state index contributed by atoms with van der Waals surface area (Å²) >= 11 is 5.90. The molecule has 0 bridgehead atoms. The first kappa shape index (κ1) is 11.7. The maximum atomic E-state index is 13.1. The lowest BCUT2D eigenvalue weighted by Crippen LogP contribution is -2.06. The highest BCUT2D eigenvalue weighted by molar-refractivity contribution is 6.37. The first-order valence-corrected chi connectivity index (χ1v) is 5.35. The van der Waals surface area contributed by atoms with E-state index in [0.29, 0.717) is 10.9 Å². The Morgan fingerprint density at radius 1 is 1.59 bits per heavy atom. The Morgan fingerprint density at radius 3 is 2.94 bits per heavy atom. The number of hydrogen-bond acceptors (Lipinski definition) is 3. The van der Waals surface area contributed by atoms with Crippen LogP contribution in [0.2, 0.25) is 5.02 Å². The molecule has 0 aliphatic rings. The fourth-order valence-electron chi connectivity index (χ4n) is 1.68. The molecular formula is C11H10ClFN2O2. The number of aromatic nitrogens is 1. The number of H-pyrrole nitrogens is 1. The van der Waals surface area contributed by atoms with Crippen LogP contribution in [0.4, 0.5) is 10.2 Å². The number of carbonyl (C=O) groups excluding carboxylic acids is 1. The normalized spacial score (nSPS) is 10.8. The number of nitrogens with two attached hydrogens (primary N) is 1. The maximum absolute atomic E-state index is 13.1. The zero-order chi connectivity index (χ0) is 12.6. The van der Waals surface area contributed by atoms with E-state index in [-0.39, 0.29) is 23.0 Å². The highest BCUT2D eigenvalue weighted by Crippen LogP contribution is 2.32. The van der Waals surface area contributed by atoms with E-state index in [2.05, 4.69) is 4.98 Å². The molecule has 0 unspecified atom stereocenters. The number of aromatic amines is 1. The SMILES string of the molecule is CCOC(=O)c1c(N)[nH]c2cc(F)cc(Cl)c12. The predicted octanol–water partition coefficient (Wildman–Crippen LogP) is 2.72. The third-order valence-corrected chi connectivity index (χ3v) is 2.62. The number of rotatable bonds is 2. The van der Waals surface area contributed by atoms with Crippen molar-refractivity contribution in [2.75, 3.05) is 12.3 Å². The topological polar surface area (TPSA) is 68.1 Å². The number of benzene rings is 1. The van der Waals surface area contributed by atoms with E-state index in [1.807, 2.05) is 0 Å². The van der Waals surface area contributed by atoms with E-state index in [9.17, 15) is 9.18 Å². The van der Waals surface area contributed by atoms with Gasteiger partial charge in [0.1, 0.15) is 17.2 Å². The number of ether oxygens (including phenoxy) is 1. The van der Waals surface area contributed by atoms with Crippen LogP contribution in [0.15, 0.2) is 12.1 Å². The molecule has 4 nitrogen and oxygen atoms in total. The van der Waals surface area contributed by atoms with E-state index in [4.69, 9.17) is 22.1 Å². The number of esters is 1. The molecule has 0 radical (unpaired) electrons. The third-order valence-electron chi connectivity index (χ3n) is 2.32. The molecule has 0 amide bonds. The van der Waals surface area contributed by atoms with Crippen molar-refractivity contribution in [3.63, 3.8) is 0 Å². The van der Waals surface area contributed by atoms with Crippen molar-refractivity contribution >= 4 is 34.3 Å². The molecule has 2 aromatic rings. The van der Waals surface area contributed by atoms with Crippen molar-refractivity contribution in [1.29, 1.82) is 0 Å². The largest absolute Gasteiger partial charge is 0.462 e. The summed E-state index contributed by atoms with van der Waals surface area (Å²) in [6.07, 6.45) is 0. The number of anilines is 1. The average molecular weight is 257 g/mol. The van der Waals surface area contributed by atoms with Crippen LogP contribution in [0.25, 0.3) is 10.9 Å². The number of hydrogen-bond donors (Lipinski definition) is 2. The molecule has 0 aliphatic carbocycles. The van der Waals surface area contributed by atoms with Gasteiger partial charge in [0.25, 0.3) is 0 Å². The van der Waals surface area contributed by atoms with Gasteiger partial charge in [-0.3, -0.25) is 0 Å². The Balaban J connectivity index is 2.71. The molecule has 1 aromatic carbocycles. The molecule has 2 rings (SSSR count). The fourth-order valence-corrected chi connectivity index (χ4v) is 1.98. The maximum Gasteiger partial charge on any atom is 0.342 e. The van der Waals surface area contributed by atoms with Crippen molar-refractivity contribution in [2.45, 2.75) is 6.92 Å². The molecule has 0 spiro atoms. The Bertz CT molecular complexity index is 595. The van der Waals surface area contributed by atoms with E-state index >= 15 is 0 Å². The van der Waals surface area contributed by atoms with Crippen molar-refractivity contribution in [2.24, 2.45) is 0 Å². The van der Waals surface area contributed by atoms with Gasteiger partial charge in [0.15, 0.2) is 0 Å². The molecular weight excluding hydrogens is 247 g/mol. The lowest BCUT2D eigenvalue weighted by atomic mass is 10.1. The summed E-state index contributed by atoms with van der Waals surface area (Å²) in [6, 6.07) is 2.35. The summed E-state index contributed by atoms with van der Waals surface area (Å²) in [5.74, 6) is -0.963. The summed E-state index contributed by atoms with van der Waals surface area (Å²) in [6.45, 7) is 1.91. The molecule has 0 atom stereocenters. The third kappa shape index (κ3) is 1.93. The minimum absolute atomic E-state index is 0.117. The molecule has 6 heteroatoms. The van der Waals surface area contributed by atoms with Crippen molar-refractivity contribution in [1.82, 2.24) is 4.98 Å². The number of nitrogen functional groups attached to an aromatic ring is 1. The molecule has 0 saturated carbocycles. The molecule has 1 heterocycles. The average Bonchev–Trinajstić information content (AvgIpc) is 2.54. The van der Waals surface area contributed by atoms with E-state index in [1.54, 1.807) is 6.92 Å². The molecule has 3 N–H and O–H groups in total. The minimum Gasteiger partial charge on any atom is -0.462 e. The standard InChI is InChI=1S/C11H10ClFN2O2/c1-2-17-11(16)9-8-6(12)3-5(13)4-7(8)15-10(9)14/h3-4,15H,2,14H2,1H3. The second-order valence-corrected chi connectivity index (χ2v) is 3.85. The van der Waals surface area contributed by atoms with Gasteiger partial charge in [-0.15, -0.1) is 0 Å². The lowest BCUT2D eigenvalue weighted by Gasteiger charge is -2.02. The zero-order valence-electron chi connectivity index (χ0n) is 9.01. The van der Waals surface area contributed by atoms with E-state index < -0.39 is 11.8 Å². The van der Waals surface area contributed by atoms with Gasteiger partial charge in [0, 0.05) is 5.39 Å². The van der Waals surface area contributed by atoms with Gasteiger partial charge in [-0.2, -0.15) is 0 Å². The summed E-state index contributed by atoms with van der Waals surface area (Å²) in [5, 5.41) is 0.500. The van der Waals surface area contributed by atoms with Crippen LogP contribution in [-0.4, -0.2) is 17.6 Å². The summed E-state index contributed by atoms with van der Waals surface area (Å²) < 4.78 is 18.0. The van der Waals surface area contributed by atoms with Crippen LogP contribution in [0.1, 0.15) is 17.3 Å². The summed E-state index contributed by atoms with van der Waals surface area (Å²) in [4.78, 5) is 14.4. The Hall–Kier alpha value is -1.75. The molecule has 1 aromatic heterocycles. The zero-order valence-corrected chi connectivity index (χ0v) is 9.77. The first-order valence-electron chi connectivity index (χ1n) is 4.98. The lowest BCUT2D eigenvalue weighted by molar-refractivity contribution is 0.0530. The van der Waals surface area contributed by atoms with Crippen molar-refractivity contribution in [3.8, 4) is 0 Å². The monoisotopic (exact) mass is 256 g/mol. The summed E-state index contributed by atoms with van der Waals surface area (Å²) in [7, 11) is 0. The van der Waals surface area contributed by atoms with Gasteiger partial charge < -0.3 is 15.5 Å². The van der Waals surface area contributed by atoms with Crippen LogP contribution < -0.4 is 5.73 Å². The fraction of sp³-hybridized carbons (Fsp3) is 0.182. The second kappa shape index (κ2) is 4.25. The van der Waals surface area contributed by atoms with Crippen LogP contribution >= 0.6 is 11.6 Å². The van der Waals surface area contributed by atoms with Gasteiger partial charge in [0.2, 0.25) is 0 Å². The highest BCUT2D eigenvalue weighted by Gasteiger charge is 2.20. The van der Waals surface area contributed by atoms with Crippen LogP contribution in [-0.2, 0) is 4.74 Å². The Kier molecular flexibility index (Phi) is 2.93. The second-order valence-electron chi connectivity index (χ2n) is 3.44.